The van der Waals surface area contributed by atoms with Crippen molar-refractivity contribution in [3.63, 3.8) is 0 Å². The number of thiocarbonyl (C=S) groups is 1. The van der Waals surface area contributed by atoms with Crippen molar-refractivity contribution in [3.05, 3.63) is 11.4 Å². The molecule has 72 valence electrons. The lowest BCUT2D eigenvalue weighted by molar-refractivity contribution is 0.377. The molecule has 0 fully saturated rings. The van der Waals surface area contributed by atoms with Crippen LogP contribution >= 0.6 is 12.2 Å². The maximum absolute atomic E-state index is 8.72. The summed E-state index contributed by atoms with van der Waals surface area (Å²) in [6.45, 7) is 5.36. The predicted octanol–water partition coefficient (Wildman–Crippen LogP) is 0.308. The van der Waals surface area contributed by atoms with Crippen molar-refractivity contribution in [3.8, 4) is 6.07 Å². The average Bonchev–Trinajstić information content (AvgIpc) is 2.07. The lowest BCUT2D eigenvalue weighted by Gasteiger charge is -2.21. The minimum absolute atomic E-state index is 0.0481. The van der Waals surface area contributed by atoms with Crippen molar-refractivity contribution in [2.24, 2.45) is 11.5 Å². The number of nitrogens with zero attached hydrogens (tertiary/aromatic N) is 2. The predicted molar refractivity (Wildman–Crippen MR) is 56.5 cm³/mol. The van der Waals surface area contributed by atoms with E-state index in [0.717, 1.165) is 13.1 Å². The molecular weight excluding hydrogens is 184 g/mol. The Kier molecular flexibility index (Phi) is 4.85. The molecule has 0 atom stereocenters. The molecule has 5 heteroatoms. The first-order chi connectivity index (χ1) is 6.08. The summed E-state index contributed by atoms with van der Waals surface area (Å²) in [5.41, 5.74) is 11.2. The van der Waals surface area contributed by atoms with Crippen LogP contribution in [0.5, 0.6) is 0 Å². The molecule has 0 aliphatic heterocycles. The number of rotatable bonds is 4. The van der Waals surface area contributed by atoms with E-state index >= 15 is 0 Å². The highest BCUT2D eigenvalue weighted by molar-refractivity contribution is 7.80. The Balaban J connectivity index is 4.96. The van der Waals surface area contributed by atoms with Gasteiger partial charge in [-0.2, -0.15) is 5.26 Å². The molecule has 0 spiro atoms. The first-order valence-electron chi connectivity index (χ1n) is 4.03. The zero-order chi connectivity index (χ0) is 10.4. The summed E-state index contributed by atoms with van der Waals surface area (Å²) in [6.07, 6.45) is 0. The molecule has 0 unspecified atom stereocenters. The van der Waals surface area contributed by atoms with Crippen LogP contribution < -0.4 is 11.5 Å². The van der Waals surface area contributed by atoms with Gasteiger partial charge in [0.15, 0.2) is 0 Å². The minimum atomic E-state index is 0.0481. The molecule has 0 amide bonds. The first kappa shape index (κ1) is 11.7. The molecule has 0 heterocycles. The van der Waals surface area contributed by atoms with Crippen molar-refractivity contribution in [1.29, 1.82) is 5.26 Å². The summed E-state index contributed by atoms with van der Waals surface area (Å²) in [4.78, 5) is 1.88. The third-order valence-corrected chi connectivity index (χ3v) is 1.92. The molecular formula is C8H14N4S. The molecule has 0 radical (unpaired) electrons. The monoisotopic (exact) mass is 198 g/mol. The Morgan fingerprint density at radius 1 is 1.38 bits per heavy atom. The number of nitriles is 1. The Morgan fingerprint density at radius 3 is 2.08 bits per heavy atom. The average molecular weight is 198 g/mol. The van der Waals surface area contributed by atoms with Gasteiger partial charge in [0.2, 0.25) is 0 Å². The Hall–Kier alpha value is -1.28. The van der Waals surface area contributed by atoms with Gasteiger partial charge in [-0.3, -0.25) is 0 Å². The van der Waals surface area contributed by atoms with Crippen LogP contribution in [-0.2, 0) is 0 Å². The lowest BCUT2D eigenvalue weighted by Crippen LogP contribution is -2.31. The molecule has 13 heavy (non-hydrogen) atoms. The van der Waals surface area contributed by atoms with Gasteiger partial charge in [0, 0.05) is 13.1 Å². The molecule has 0 bridgehead atoms. The highest BCUT2D eigenvalue weighted by Crippen LogP contribution is 2.04. The van der Waals surface area contributed by atoms with E-state index in [2.05, 4.69) is 0 Å². The van der Waals surface area contributed by atoms with Gasteiger partial charge in [-0.15, -0.1) is 0 Å². The topological polar surface area (TPSA) is 79.1 Å². The zero-order valence-electron chi connectivity index (χ0n) is 7.87. The van der Waals surface area contributed by atoms with Crippen LogP contribution in [0.1, 0.15) is 13.8 Å². The Morgan fingerprint density at radius 2 is 1.85 bits per heavy atom. The van der Waals surface area contributed by atoms with Gasteiger partial charge >= 0.3 is 0 Å². The molecule has 0 aromatic heterocycles. The largest absolute Gasteiger partial charge is 0.389 e. The van der Waals surface area contributed by atoms with E-state index in [4.69, 9.17) is 28.9 Å². The normalized spacial score (nSPS) is 11.5. The molecule has 0 aliphatic carbocycles. The fourth-order valence-corrected chi connectivity index (χ4v) is 1.11. The summed E-state index contributed by atoms with van der Waals surface area (Å²) in [5.74, 6) is 0.361. The van der Waals surface area contributed by atoms with Gasteiger partial charge in [0.25, 0.3) is 0 Å². The van der Waals surface area contributed by atoms with E-state index in [1.54, 1.807) is 0 Å². The van der Waals surface area contributed by atoms with Crippen LogP contribution in [-0.4, -0.2) is 23.0 Å². The fraction of sp³-hybridized carbons (Fsp3) is 0.500. The quantitative estimate of drug-likeness (QED) is 0.386. The van der Waals surface area contributed by atoms with Crippen LogP contribution in [0.25, 0.3) is 0 Å². The second kappa shape index (κ2) is 5.38. The van der Waals surface area contributed by atoms with E-state index in [-0.39, 0.29) is 10.6 Å². The summed E-state index contributed by atoms with van der Waals surface area (Å²) >= 11 is 4.70. The SMILES string of the molecule is CCN(CC)/C(N)=C(/C#N)C(N)=S. The molecule has 0 aliphatic rings. The van der Waals surface area contributed by atoms with E-state index in [0.29, 0.717) is 5.82 Å². The molecule has 0 rings (SSSR count). The van der Waals surface area contributed by atoms with Gasteiger partial charge in [0.05, 0.1) is 0 Å². The molecule has 4 N–H and O–H groups in total. The van der Waals surface area contributed by atoms with Gasteiger partial charge in [-0.05, 0) is 13.8 Å². The van der Waals surface area contributed by atoms with E-state index in [9.17, 15) is 0 Å². The number of nitrogens with two attached hydrogens (primary N) is 2. The zero-order valence-corrected chi connectivity index (χ0v) is 8.69. The number of hydrogen-bond donors (Lipinski definition) is 2. The number of hydrogen-bond acceptors (Lipinski definition) is 4. The highest BCUT2D eigenvalue weighted by Gasteiger charge is 2.10. The third-order valence-electron chi connectivity index (χ3n) is 1.72. The van der Waals surface area contributed by atoms with E-state index in [1.807, 2.05) is 24.8 Å². The van der Waals surface area contributed by atoms with Gasteiger partial charge < -0.3 is 16.4 Å². The van der Waals surface area contributed by atoms with Crippen LogP contribution in [0, 0.1) is 11.3 Å². The second-order valence-electron chi connectivity index (χ2n) is 2.41. The summed E-state index contributed by atoms with van der Waals surface area (Å²) < 4.78 is 0. The maximum atomic E-state index is 8.72. The molecule has 0 aromatic carbocycles. The first-order valence-corrected chi connectivity index (χ1v) is 4.43. The standard InChI is InChI=1S/C8H14N4S/c1-3-12(4-2)7(10)6(5-9)8(11)13/h3-4,10H2,1-2H3,(H2,11,13)/b7-6-. The minimum Gasteiger partial charge on any atom is -0.389 e. The summed E-state index contributed by atoms with van der Waals surface area (Å²) in [5, 5.41) is 8.72. The Labute approximate surface area is 83.8 Å². The van der Waals surface area contributed by atoms with Crippen molar-refractivity contribution < 1.29 is 0 Å². The van der Waals surface area contributed by atoms with Gasteiger partial charge in [-0.25, -0.2) is 0 Å². The molecule has 4 nitrogen and oxygen atoms in total. The molecule has 0 aromatic rings. The third kappa shape index (κ3) is 2.92. The summed E-state index contributed by atoms with van der Waals surface area (Å²) in [6, 6.07) is 1.90. The lowest BCUT2D eigenvalue weighted by atomic mass is 10.2. The maximum Gasteiger partial charge on any atom is 0.126 e. The summed E-state index contributed by atoms with van der Waals surface area (Å²) in [7, 11) is 0. The van der Waals surface area contributed by atoms with Crippen LogP contribution in [0.2, 0.25) is 0 Å². The smallest absolute Gasteiger partial charge is 0.126 e. The van der Waals surface area contributed by atoms with Crippen molar-refractivity contribution in [2.75, 3.05) is 13.1 Å². The fourth-order valence-electron chi connectivity index (χ4n) is 0.961. The van der Waals surface area contributed by atoms with Crippen LogP contribution in [0.3, 0.4) is 0 Å². The van der Waals surface area contributed by atoms with Crippen LogP contribution in [0.4, 0.5) is 0 Å². The van der Waals surface area contributed by atoms with Crippen LogP contribution in [0.15, 0.2) is 11.4 Å². The van der Waals surface area contributed by atoms with Crippen molar-refractivity contribution >= 4 is 17.2 Å². The molecule has 0 saturated heterocycles. The van der Waals surface area contributed by atoms with E-state index in [1.165, 1.54) is 0 Å². The van der Waals surface area contributed by atoms with Crippen molar-refractivity contribution in [1.82, 2.24) is 4.90 Å². The molecule has 0 saturated carbocycles. The van der Waals surface area contributed by atoms with E-state index < -0.39 is 0 Å². The Bertz CT molecular complexity index is 260. The highest BCUT2D eigenvalue weighted by atomic mass is 32.1. The van der Waals surface area contributed by atoms with Gasteiger partial charge in [0.1, 0.15) is 22.5 Å². The second-order valence-corrected chi connectivity index (χ2v) is 2.85. The van der Waals surface area contributed by atoms with Crippen molar-refractivity contribution in [2.45, 2.75) is 13.8 Å². The van der Waals surface area contributed by atoms with Gasteiger partial charge in [-0.1, -0.05) is 12.2 Å².